The van der Waals surface area contributed by atoms with Gasteiger partial charge < -0.3 is 10.0 Å². The zero-order chi connectivity index (χ0) is 13.0. The maximum atomic E-state index is 13.2. The molecule has 0 radical (unpaired) electrons. The van der Waals surface area contributed by atoms with Gasteiger partial charge in [-0.3, -0.25) is 4.90 Å². The highest BCUT2D eigenvalue weighted by Crippen LogP contribution is 2.29. The minimum Gasteiger partial charge on any atom is -0.395 e. The Hall–Kier alpha value is -1.53. The third-order valence-electron chi connectivity index (χ3n) is 3.17. The first kappa shape index (κ1) is 12.9. The third-order valence-corrected chi connectivity index (χ3v) is 3.17. The fourth-order valence-corrected chi connectivity index (χ4v) is 2.18. The van der Waals surface area contributed by atoms with Gasteiger partial charge in [0.1, 0.15) is 11.5 Å². The Balaban J connectivity index is 2.09. The summed E-state index contributed by atoms with van der Waals surface area (Å²) in [6.45, 7) is 3.76. The standard InChI is InChI=1S/C12H16FN3O2/c13-10-1-2-11(14-18)12(9-10)16-5-3-15(4-6-16)7-8-17/h1-2,9,17H,3-8H2. The van der Waals surface area contributed by atoms with E-state index in [9.17, 15) is 9.30 Å². The molecule has 1 saturated heterocycles. The average Bonchev–Trinajstić information content (AvgIpc) is 2.40. The number of hydrogen-bond acceptors (Lipinski definition) is 5. The summed E-state index contributed by atoms with van der Waals surface area (Å²) in [6, 6.07) is 3.98. The molecular weight excluding hydrogens is 237 g/mol. The summed E-state index contributed by atoms with van der Waals surface area (Å²) in [5.74, 6) is -0.366. The van der Waals surface area contributed by atoms with Crippen LogP contribution in [0, 0.1) is 10.7 Å². The quantitative estimate of drug-likeness (QED) is 0.823. The number of anilines is 1. The van der Waals surface area contributed by atoms with Gasteiger partial charge in [-0.15, -0.1) is 4.91 Å². The van der Waals surface area contributed by atoms with Gasteiger partial charge in [0.2, 0.25) is 0 Å². The molecule has 98 valence electrons. The maximum absolute atomic E-state index is 13.2. The summed E-state index contributed by atoms with van der Waals surface area (Å²) in [6.07, 6.45) is 0. The minimum atomic E-state index is -0.366. The van der Waals surface area contributed by atoms with Crippen LogP contribution in [0.25, 0.3) is 0 Å². The Bertz CT molecular complexity index is 420. The summed E-state index contributed by atoms with van der Waals surface area (Å²) in [5.41, 5.74) is 0.820. The summed E-state index contributed by atoms with van der Waals surface area (Å²) in [5, 5.41) is 11.8. The number of aliphatic hydroxyl groups excluding tert-OH is 1. The Morgan fingerprint density at radius 3 is 2.61 bits per heavy atom. The number of nitroso groups, excluding NO2 is 1. The average molecular weight is 253 g/mol. The van der Waals surface area contributed by atoms with E-state index in [1.165, 1.54) is 18.2 Å². The van der Waals surface area contributed by atoms with E-state index >= 15 is 0 Å². The van der Waals surface area contributed by atoms with Crippen LogP contribution in [0.1, 0.15) is 0 Å². The van der Waals surface area contributed by atoms with Gasteiger partial charge in [-0.1, -0.05) is 0 Å². The normalized spacial score (nSPS) is 16.9. The van der Waals surface area contributed by atoms with Crippen LogP contribution in [0.2, 0.25) is 0 Å². The summed E-state index contributed by atoms with van der Waals surface area (Å²) < 4.78 is 13.2. The molecule has 0 unspecified atom stereocenters. The van der Waals surface area contributed by atoms with Crippen molar-refractivity contribution in [1.82, 2.24) is 4.90 Å². The minimum absolute atomic E-state index is 0.140. The molecule has 5 nitrogen and oxygen atoms in total. The van der Waals surface area contributed by atoms with E-state index in [0.717, 1.165) is 13.1 Å². The number of aliphatic hydroxyl groups is 1. The van der Waals surface area contributed by atoms with Crippen molar-refractivity contribution in [2.24, 2.45) is 5.18 Å². The van der Waals surface area contributed by atoms with Gasteiger partial charge >= 0.3 is 0 Å². The van der Waals surface area contributed by atoms with Crippen molar-refractivity contribution in [2.45, 2.75) is 0 Å². The predicted octanol–water partition coefficient (Wildman–Crippen LogP) is 1.34. The van der Waals surface area contributed by atoms with E-state index in [-0.39, 0.29) is 18.1 Å². The zero-order valence-electron chi connectivity index (χ0n) is 10.0. The lowest BCUT2D eigenvalue weighted by molar-refractivity contribution is 0.189. The van der Waals surface area contributed by atoms with Gasteiger partial charge in [0.15, 0.2) is 0 Å². The second-order valence-electron chi connectivity index (χ2n) is 4.28. The molecule has 0 atom stereocenters. The first-order valence-electron chi connectivity index (χ1n) is 5.95. The third kappa shape index (κ3) is 2.83. The molecule has 1 aliphatic heterocycles. The smallest absolute Gasteiger partial charge is 0.131 e. The van der Waals surface area contributed by atoms with Crippen LogP contribution < -0.4 is 4.90 Å². The number of β-amino-alcohol motifs (C(OH)–C–C–N with tert-alkyl or cyclic N) is 1. The zero-order valence-corrected chi connectivity index (χ0v) is 10.0. The van der Waals surface area contributed by atoms with Crippen molar-refractivity contribution in [2.75, 3.05) is 44.2 Å². The Labute approximate surface area is 105 Å². The first-order valence-corrected chi connectivity index (χ1v) is 5.95. The van der Waals surface area contributed by atoms with E-state index < -0.39 is 0 Å². The summed E-state index contributed by atoms with van der Waals surface area (Å²) >= 11 is 0. The van der Waals surface area contributed by atoms with E-state index in [4.69, 9.17) is 5.11 Å². The molecular formula is C12H16FN3O2. The van der Waals surface area contributed by atoms with E-state index in [2.05, 4.69) is 10.1 Å². The number of nitrogens with zero attached hydrogens (tertiary/aromatic N) is 3. The lowest BCUT2D eigenvalue weighted by atomic mass is 10.2. The second-order valence-corrected chi connectivity index (χ2v) is 4.28. The second kappa shape index (κ2) is 5.88. The van der Waals surface area contributed by atoms with Gasteiger partial charge in [0, 0.05) is 32.7 Å². The van der Waals surface area contributed by atoms with Crippen LogP contribution in [0.15, 0.2) is 23.4 Å². The molecule has 1 N–H and O–H groups in total. The highest BCUT2D eigenvalue weighted by atomic mass is 19.1. The van der Waals surface area contributed by atoms with E-state index in [0.29, 0.717) is 25.3 Å². The first-order chi connectivity index (χ1) is 8.74. The van der Waals surface area contributed by atoms with E-state index in [1.807, 2.05) is 4.90 Å². The number of piperazine rings is 1. The number of rotatable bonds is 4. The molecule has 6 heteroatoms. The topological polar surface area (TPSA) is 56.1 Å². The van der Waals surface area contributed by atoms with Crippen molar-refractivity contribution in [1.29, 1.82) is 0 Å². The van der Waals surface area contributed by atoms with Crippen LogP contribution in [0.3, 0.4) is 0 Å². The summed E-state index contributed by atoms with van der Waals surface area (Å²) in [4.78, 5) is 14.8. The number of hydrogen-bond donors (Lipinski definition) is 1. The van der Waals surface area contributed by atoms with Crippen LogP contribution in [-0.4, -0.2) is 49.3 Å². The molecule has 0 spiro atoms. The Morgan fingerprint density at radius 1 is 1.28 bits per heavy atom. The van der Waals surface area contributed by atoms with Gasteiger partial charge in [-0.05, 0) is 23.4 Å². The van der Waals surface area contributed by atoms with Crippen LogP contribution in [0.4, 0.5) is 15.8 Å². The molecule has 0 aliphatic carbocycles. The van der Waals surface area contributed by atoms with Crippen molar-refractivity contribution in [3.05, 3.63) is 28.9 Å². The number of halogens is 1. The molecule has 0 aromatic heterocycles. The Kier molecular flexibility index (Phi) is 4.22. The van der Waals surface area contributed by atoms with Crippen molar-refractivity contribution in [3.8, 4) is 0 Å². The van der Waals surface area contributed by atoms with Crippen molar-refractivity contribution in [3.63, 3.8) is 0 Å². The highest BCUT2D eigenvalue weighted by Gasteiger charge is 2.19. The van der Waals surface area contributed by atoms with Crippen LogP contribution >= 0.6 is 0 Å². The molecule has 0 saturated carbocycles. The van der Waals surface area contributed by atoms with Gasteiger partial charge in [0.25, 0.3) is 0 Å². The predicted molar refractivity (Wildman–Crippen MR) is 67.6 cm³/mol. The number of benzene rings is 1. The largest absolute Gasteiger partial charge is 0.395 e. The molecule has 1 fully saturated rings. The lowest BCUT2D eigenvalue weighted by Crippen LogP contribution is -2.47. The monoisotopic (exact) mass is 253 g/mol. The highest BCUT2D eigenvalue weighted by molar-refractivity contribution is 5.67. The van der Waals surface area contributed by atoms with E-state index in [1.54, 1.807) is 0 Å². The maximum Gasteiger partial charge on any atom is 0.131 e. The van der Waals surface area contributed by atoms with Crippen molar-refractivity contribution < 1.29 is 9.50 Å². The lowest BCUT2D eigenvalue weighted by Gasteiger charge is -2.36. The van der Waals surface area contributed by atoms with Gasteiger partial charge in [-0.25, -0.2) is 4.39 Å². The Morgan fingerprint density at radius 2 is 2.00 bits per heavy atom. The molecule has 1 aromatic rings. The van der Waals surface area contributed by atoms with Crippen LogP contribution in [-0.2, 0) is 0 Å². The summed E-state index contributed by atoms with van der Waals surface area (Å²) in [7, 11) is 0. The molecule has 0 amide bonds. The van der Waals surface area contributed by atoms with Crippen LogP contribution in [0.5, 0.6) is 0 Å². The molecule has 1 aromatic carbocycles. The van der Waals surface area contributed by atoms with Gasteiger partial charge in [0.05, 0.1) is 12.3 Å². The van der Waals surface area contributed by atoms with Crippen molar-refractivity contribution >= 4 is 11.4 Å². The van der Waals surface area contributed by atoms with Gasteiger partial charge in [-0.2, -0.15) is 0 Å². The SMILES string of the molecule is O=Nc1ccc(F)cc1N1CCN(CCO)CC1. The molecule has 0 bridgehead atoms. The molecule has 1 aliphatic rings. The molecule has 1 heterocycles. The fraction of sp³-hybridized carbons (Fsp3) is 0.500. The molecule has 18 heavy (non-hydrogen) atoms. The fourth-order valence-electron chi connectivity index (χ4n) is 2.18. The molecule has 2 rings (SSSR count).